The highest BCUT2D eigenvalue weighted by Gasteiger charge is 1.93. The zero-order valence-electron chi connectivity index (χ0n) is 12.9. The molecule has 0 heterocycles. The summed E-state index contributed by atoms with van der Waals surface area (Å²) in [6.07, 6.45) is 14.0. The third-order valence-corrected chi connectivity index (χ3v) is 3.51. The van der Waals surface area contributed by atoms with Crippen molar-refractivity contribution < 1.29 is 4.74 Å². The van der Waals surface area contributed by atoms with Crippen LogP contribution in [0.4, 0.5) is 0 Å². The van der Waals surface area contributed by atoms with E-state index in [2.05, 4.69) is 12.2 Å². The standard InChI is InChI=1S/C16H34ClNO/c1-2-3-4-5-6-7-8-9-10-11-13-18-14-16-19-15-12-17/h18H,2-16H2,1H3. The van der Waals surface area contributed by atoms with Crippen LogP contribution in [0, 0.1) is 0 Å². The highest BCUT2D eigenvalue weighted by molar-refractivity contribution is 6.17. The van der Waals surface area contributed by atoms with E-state index in [1.54, 1.807) is 0 Å². The van der Waals surface area contributed by atoms with Gasteiger partial charge in [-0.25, -0.2) is 0 Å². The van der Waals surface area contributed by atoms with Crippen LogP contribution in [0.3, 0.4) is 0 Å². The highest BCUT2D eigenvalue weighted by Crippen LogP contribution is 2.10. The number of unbranched alkanes of at least 4 members (excludes halogenated alkanes) is 9. The van der Waals surface area contributed by atoms with Crippen LogP contribution in [0.2, 0.25) is 0 Å². The van der Waals surface area contributed by atoms with Gasteiger partial charge in [-0.2, -0.15) is 0 Å². The van der Waals surface area contributed by atoms with Crippen LogP contribution in [-0.2, 0) is 4.74 Å². The molecule has 2 nitrogen and oxygen atoms in total. The Hall–Kier alpha value is 0.210. The van der Waals surface area contributed by atoms with Crippen molar-refractivity contribution in [1.82, 2.24) is 5.32 Å². The Morgan fingerprint density at radius 3 is 1.89 bits per heavy atom. The molecule has 0 aliphatic rings. The fourth-order valence-electron chi connectivity index (χ4n) is 2.16. The van der Waals surface area contributed by atoms with Gasteiger partial charge in [0.2, 0.25) is 0 Å². The Labute approximate surface area is 125 Å². The van der Waals surface area contributed by atoms with Gasteiger partial charge in [0.25, 0.3) is 0 Å². The van der Waals surface area contributed by atoms with Crippen molar-refractivity contribution in [2.75, 3.05) is 32.2 Å². The Balaban J connectivity index is 2.88. The van der Waals surface area contributed by atoms with Gasteiger partial charge in [-0.05, 0) is 13.0 Å². The number of hydrogen-bond donors (Lipinski definition) is 1. The summed E-state index contributed by atoms with van der Waals surface area (Å²) in [6.45, 7) is 5.80. The molecule has 3 heteroatoms. The van der Waals surface area contributed by atoms with E-state index >= 15 is 0 Å². The maximum absolute atomic E-state index is 5.51. The second kappa shape index (κ2) is 18.2. The van der Waals surface area contributed by atoms with Crippen molar-refractivity contribution in [3.63, 3.8) is 0 Å². The summed E-state index contributed by atoms with van der Waals surface area (Å²) in [4.78, 5) is 0. The van der Waals surface area contributed by atoms with E-state index < -0.39 is 0 Å². The van der Waals surface area contributed by atoms with Crippen LogP contribution >= 0.6 is 11.6 Å². The lowest BCUT2D eigenvalue weighted by Gasteiger charge is -2.05. The molecule has 0 bridgehead atoms. The first-order valence-corrected chi connectivity index (χ1v) is 8.79. The molecule has 0 radical (unpaired) electrons. The van der Waals surface area contributed by atoms with Crippen molar-refractivity contribution in [2.24, 2.45) is 0 Å². The number of halogens is 1. The number of alkyl halides is 1. The van der Waals surface area contributed by atoms with E-state index in [9.17, 15) is 0 Å². The molecule has 19 heavy (non-hydrogen) atoms. The van der Waals surface area contributed by atoms with Gasteiger partial charge < -0.3 is 10.1 Å². The summed E-state index contributed by atoms with van der Waals surface area (Å²) >= 11 is 5.51. The Morgan fingerprint density at radius 1 is 0.737 bits per heavy atom. The minimum Gasteiger partial charge on any atom is -0.379 e. The quantitative estimate of drug-likeness (QED) is 0.327. The normalized spacial score (nSPS) is 11.1. The minimum atomic E-state index is 0.596. The van der Waals surface area contributed by atoms with Crippen LogP contribution in [-0.4, -0.2) is 32.2 Å². The molecule has 0 aliphatic heterocycles. The van der Waals surface area contributed by atoms with E-state index in [0.717, 1.165) is 19.7 Å². The average Bonchev–Trinajstić information content (AvgIpc) is 2.43. The van der Waals surface area contributed by atoms with Crippen molar-refractivity contribution in [3.8, 4) is 0 Å². The molecular weight excluding hydrogens is 258 g/mol. The topological polar surface area (TPSA) is 21.3 Å². The van der Waals surface area contributed by atoms with Crippen molar-refractivity contribution >= 4 is 11.6 Å². The maximum Gasteiger partial charge on any atom is 0.0602 e. The molecule has 1 N–H and O–H groups in total. The fourth-order valence-corrected chi connectivity index (χ4v) is 2.27. The molecule has 0 aromatic rings. The second-order valence-corrected chi connectivity index (χ2v) is 5.61. The summed E-state index contributed by atoms with van der Waals surface area (Å²) < 4.78 is 5.29. The highest BCUT2D eigenvalue weighted by atomic mass is 35.5. The molecule has 0 amide bonds. The molecule has 0 aromatic heterocycles. The maximum atomic E-state index is 5.51. The van der Waals surface area contributed by atoms with E-state index in [0.29, 0.717) is 12.5 Å². The largest absolute Gasteiger partial charge is 0.379 e. The lowest BCUT2D eigenvalue weighted by Crippen LogP contribution is -2.21. The lowest BCUT2D eigenvalue weighted by molar-refractivity contribution is 0.151. The molecular formula is C16H34ClNO. The number of hydrogen-bond acceptors (Lipinski definition) is 2. The molecule has 0 atom stereocenters. The lowest BCUT2D eigenvalue weighted by atomic mass is 10.1. The van der Waals surface area contributed by atoms with E-state index in [-0.39, 0.29) is 0 Å². The van der Waals surface area contributed by atoms with Crippen molar-refractivity contribution in [3.05, 3.63) is 0 Å². The molecule has 0 saturated carbocycles. The number of nitrogens with one attached hydrogen (secondary N) is 1. The first-order chi connectivity index (χ1) is 9.41. The number of ether oxygens (including phenoxy) is 1. The predicted molar refractivity (Wildman–Crippen MR) is 86.3 cm³/mol. The smallest absolute Gasteiger partial charge is 0.0602 e. The molecule has 0 spiro atoms. The summed E-state index contributed by atoms with van der Waals surface area (Å²) in [5, 5.41) is 3.40. The van der Waals surface area contributed by atoms with Gasteiger partial charge in [-0.3, -0.25) is 0 Å². The van der Waals surface area contributed by atoms with Gasteiger partial charge in [-0.1, -0.05) is 64.7 Å². The zero-order chi connectivity index (χ0) is 14.0. The summed E-state index contributed by atoms with van der Waals surface area (Å²) in [5.74, 6) is 0.596. The van der Waals surface area contributed by atoms with Gasteiger partial charge in [-0.15, -0.1) is 11.6 Å². The Bertz CT molecular complexity index is 140. The first kappa shape index (κ1) is 19.2. The Morgan fingerprint density at radius 2 is 1.32 bits per heavy atom. The van der Waals surface area contributed by atoms with Crippen LogP contribution in [0.25, 0.3) is 0 Å². The zero-order valence-corrected chi connectivity index (χ0v) is 13.6. The van der Waals surface area contributed by atoms with E-state index in [1.807, 2.05) is 0 Å². The first-order valence-electron chi connectivity index (χ1n) is 8.26. The van der Waals surface area contributed by atoms with Gasteiger partial charge >= 0.3 is 0 Å². The van der Waals surface area contributed by atoms with Gasteiger partial charge in [0.15, 0.2) is 0 Å². The SMILES string of the molecule is CCCCCCCCCCCCNCCOCCCl. The number of rotatable bonds is 16. The second-order valence-electron chi connectivity index (χ2n) is 5.23. The molecule has 0 aliphatic carbocycles. The molecule has 0 saturated heterocycles. The third-order valence-electron chi connectivity index (χ3n) is 3.35. The van der Waals surface area contributed by atoms with Crippen molar-refractivity contribution in [1.29, 1.82) is 0 Å². The molecule has 0 fully saturated rings. The summed E-state index contributed by atoms with van der Waals surface area (Å²) in [6, 6.07) is 0. The molecule has 116 valence electrons. The van der Waals surface area contributed by atoms with Gasteiger partial charge in [0.1, 0.15) is 0 Å². The van der Waals surface area contributed by atoms with E-state index in [4.69, 9.17) is 16.3 Å². The van der Waals surface area contributed by atoms with Gasteiger partial charge in [0, 0.05) is 12.4 Å². The summed E-state index contributed by atoms with van der Waals surface area (Å²) in [7, 11) is 0. The average molecular weight is 292 g/mol. The molecule has 0 rings (SSSR count). The van der Waals surface area contributed by atoms with Crippen molar-refractivity contribution in [2.45, 2.75) is 71.1 Å². The predicted octanol–water partition coefficient (Wildman–Crippen LogP) is 4.75. The van der Waals surface area contributed by atoms with Crippen LogP contribution in [0.5, 0.6) is 0 Å². The Kier molecular flexibility index (Phi) is 18.4. The molecule has 0 unspecified atom stereocenters. The summed E-state index contributed by atoms with van der Waals surface area (Å²) in [5.41, 5.74) is 0. The molecule has 0 aromatic carbocycles. The minimum absolute atomic E-state index is 0.596. The van der Waals surface area contributed by atoms with Crippen LogP contribution < -0.4 is 5.32 Å². The van der Waals surface area contributed by atoms with Crippen LogP contribution in [0.1, 0.15) is 71.1 Å². The monoisotopic (exact) mass is 291 g/mol. The van der Waals surface area contributed by atoms with Gasteiger partial charge in [0.05, 0.1) is 13.2 Å². The van der Waals surface area contributed by atoms with E-state index in [1.165, 1.54) is 64.2 Å². The fraction of sp³-hybridized carbons (Fsp3) is 1.00. The van der Waals surface area contributed by atoms with Crippen LogP contribution in [0.15, 0.2) is 0 Å². The third kappa shape index (κ3) is 18.2.